The first-order chi connectivity index (χ1) is 10.0. The van der Waals surface area contributed by atoms with Gasteiger partial charge in [-0.05, 0) is 25.6 Å². The molecule has 5 nitrogen and oxygen atoms in total. The van der Waals surface area contributed by atoms with Gasteiger partial charge < -0.3 is 0 Å². The van der Waals surface area contributed by atoms with E-state index in [1.54, 1.807) is 0 Å². The Bertz CT molecular complexity index is 710. The molecule has 2 aromatic rings. The highest BCUT2D eigenvalue weighted by molar-refractivity contribution is 7.91. The molecule has 1 fully saturated rings. The van der Waals surface area contributed by atoms with E-state index in [1.165, 1.54) is 0 Å². The number of benzene rings is 1. The Morgan fingerprint density at radius 3 is 2.76 bits per heavy atom. The Morgan fingerprint density at radius 1 is 1.33 bits per heavy atom. The zero-order chi connectivity index (χ0) is 14.9. The van der Waals surface area contributed by atoms with Crippen LogP contribution < -0.4 is 0 Å². The van der Waals surface area contributed by atoms with Gasteiger partial charge in [-0.3, -0.25) is 4.90 Å². The molecule has 1 aromatic heterocycles. The van der Waals surface area contributed by atoms with Crippen LogP contribution in [0.1, 0.15) is 12.0 Å². The van der Waals surface area contributed by atoms with Crippen LogP contribution in [0.3, 0.4) is 0 Å². The summed E-state index contributed by atoms with van der Waals surface area (Å²) in [4.78, 5) is 2.11. The van der Waals surface area contributed by atoms with Crippen LogP contribution in [0, 0.1) is 0 Å². The summed E-state index contributed by atoms with van der Waals surface area (Å²) in [6.45, 7) is 0.715. The zero-order valence-electron chi connectivity index (χ0n) is 12.0. The van der Waals surface area contributed by atoms with Crippen molar-refractivity contribution >= 4 is 9.84 Å². The highest BCUT2D eigenvalue weighted by Gasteiger charge is 2.30. The molecule has 3 rings (SSSR count). The molecule has 0 spiro atoms. The van der Waals surface area contributed by atoms with Gasteiger partial charge in [-0.25, -0.2) is 13.1 Å². The largest absolute Gasteiger partial charge is 0.298 e. The smallest absolute Gasteiger partial charge is 0.151 e. The second-order valence-corrected chi connectivity index (χ2v) is 7.83. The maximum Gasteiger partial charge on any atom is 0.151 e. The number of rotatable bonds is 4. The van der Waals surface area contributed by atoms with Crippen molar-refractivity contribution in [2.45, 2.75) is 19.0 Å². The normalized spacial score (nSPS) is 21.0. The topological polar surface area (TPSA) is 55.2 Å². The van der Waals surface area contributed by atoms with Crippen LogP contribution in [0.4, 0.5) is 0 Å². The van der Waals surface area contributed by atoms with Crippen LogP contribution >= 0.6 is 0 Å². The quantitative estimate of drug-likeness (QED) is 0.859. The van der Waals surface area contributed by atoms with E-state index in [1.807, 2.05) is 54.5 Å². The van der Waals surface area contributed by atoms with Crippen LogP contribution in [0.15, 0.2) is 42.7 Å². The number of hydrogen-bond donors (Lipinski definition) is 0. The van der Waals surface area contributed by atoms with Crippen LogP contribution in [0.5, 0.6) is 0 Å². The van der Waals surface area contributed by atoms with Crippen molar-refractivity contribution < 1.29 is 8.42 Å². The first-order valence-corrected chi connectivity index (χ1v) is 8.85. The molecule has 0 amide bonds. The third-order valence-corrected chi connectivity index (χ3v) is 5.67. The van der Waals surface area contributed by atoms with Gasteiger partial charge in [0.25, 0.3) is 0 Å². The third kappa shape index (κ3) is 3.33. The van der Waals surface area contributed by atoms with Crippen molar-refractivity contribution in [2.24, 2.45) is 0 Å². The third-order valence-electron chi connectivity index (χ3n) is 3.92. The minimum Gasteiger partial charge on any atom is -0.298 e. The zero-order valence-corrected chi connectivity index (χ0v) is 12.8. The molecule has 1 saturated heterocycles. The van der Waals surface area contributed by atoms with Crippen LogP contribution in [0.25, 0.3) is 5.69 Å². The van der Waals surface area contributed by atoms with E-state index in [2.05, 4.69) is 10.00 Å². The van der Waals surface area contributed by atoms with E-state index in [4.69, 9.17) is 0 Å². The van der Waals surface area contributed by atoms with E-state index in [0.29, 0.717) is 12.3 Å². The Labute approximate surface area is 125 Å². The Balaban J connectivity index is 1.68. The van der Waals surface area contributed by atoms with Gasteiger partial charge in [0.1, 0.15) is 0 Å². The molecule has 6 heteroatoms. The highest BCUT2D eigenvalue weighted by atomic mass is 32.2. The molecular formula is C15H19N3O2S. The average Bonchev–Trinajstić information content (AvgIpc) is 3.06. The molecule has 21 heavy (non-hydrogen) atoms. The molecule has 1 aromatic carbocycles. The van der Waals surface area contributed by atoms with Crippen molar-refractivity contribution in [1.82, 2.24) is 14.7 Å². The summed E-state index contributed by atoms with van der Waals surface area (Å²) in [6.07, 6.45) is 4.56. The summed E-state index contributed by atoms with van der Waals surface area (Å²) in [5.41, 5.74) is 2.11. The van der Waals surface area contributed by atoms with Gasteiger partial charge in [0, 0.05) is 24.3 Å². The Kier molecular flexibility index (Phi) is 3.82. The van der Waals surface area contributed by atoms with E-state index in [9.17, 15) is 8.42 Å². The van der Waals surface area contributed by atoms with Gasteiger partial charge in [-0.1, -0.05) is 18.2 Å². The second kappa shape index (κ2) is 5.61. The summed E-state index contributed by atoms with van der Waals surface area (Å²) < 4.78 is 24.9. The lowest BCUT2D eigenvalue weighted by Gasteiger charge is -2.22. The molecule has 1 atom stereocenters. The van der Waals surface area contributed by atoms with E-state index < -0.39 is 9.84 Å². The van der Waals surface area contributed by atoms with E-state index in [-0.39, 0.29) is 11.8 Å². The van der Waals surface area contributed by atoms with Crippen molar-refractivity contribution in [2.75, 3.05) is 18.6 Å². The van der Waals surface area contributed by atoms with Crippen molar-refractivity contribution in [1.29, 1.82) is 0 Å². The first kappa shape index (κ1) is 14.3. The lowest BCUT2D eigenvalue weighted by Crippen LogP contribution is -2.31. The van der Waals surface area contributed by atoms with Gasteiger partial charge in [-0.15, -0.1) is 0 Å². The fraction of sp³-hybridized carbons (Fsp3) is 0.400. The number of nitrogens with zero attached hydrogens (tertiary/aromatic N) is 3. The van der Waals surface area contributed by atoms with Crippen molar-refractivity contribution in [3.63, 3.8) is 0 Å². The highest BCUT2D eigenvalue weighted by Crippen LogP contribution is 2.18. The van der Waals surface area contributed by atoms with Crippen LogP contribution in [0.2, 0.25) is 0 Å². The van der Waals surface area contributed by atoms with Crippen molar-refractivity contribution in [3.05, 3.63) is 48.3 Å². The SMILES string of the molecule is CN(Cc1cnn(-c2ccccc2)c1)[C@H]1CCS(=O)(=O)C1. The van der Waals surface area contributed by atoms with Crippen LogP contribution in [-0.2, 0) is 16.4 Å². The van der Waals surface area contributed by atoms with Gasteiger partial charge >= 0.3 is 0 Å². The monoisotopic (exact) mass is 305 g/mol. The number of para-hydroxylation sites is 1. The molecule has 112 valence electrons. The molecule has 0 saturated carbocycles. The maximum atomic E-state index is 11.5. The summed E-state index contributed by atoms with van der Waals surface area (Å²) in [5.74, 6) is 0.585. The second-order valence-electron chi connectivity index (χ2n) is 5.60. The van der Waals surface area contributed by atoms with E-state index in [0.717, 1.165) is 17.7 Å². The number of hydrogen-bond acceptors (Lipinski definition) is 4. The Morgan fingerprint density at radius 2 is 2.10 bits per heavy atom. The average molecular weight is 305 g/mol. The molecule has 0 radical (unpaired) electrons. The predicted molar refractivity (Wildman–Crippen MR) is 82.1 cm³/mol. The molecule has 1 aliphatic heterocycles. The lowest BCUT2D eigenvalue weighted by molar-refractivity contribution is 0.254. The van der Waals surface area contributed by atoms with Gasteiger partial charge in [0.05, 0.1) is 23.4 Å². The Hall–Kier alpha value is -1.66. The lowest BCUT2D eigenvalue weighted by atomic mass is 10.2. The number of sulfone groups is 1. The fourth-order valence-electron chi connectivity index (χ4n) is 2.70. The standard InChI is InChI=1S/C15H19N3O2S/c1-17(15-7-8-21(19,20)12-15)10-13-9-16-18(11-13)14-5-3-2-4-6-14/h2-6,9,11,15H,7-8,10,12H2,1H3/t15-/m0/s1. The van der Waals surface area contributed by atoms with Gasteiger partial charge in [0.15, 0.2) is 9.84 Å². The summed E-state index contributed by atoms with van der Waals surface area (Å²) >= 11 is 0. The number of aromatic nitrogens is 2. The summed E-state index contributed by atoms with van der Waals surface area (Å²) in [5, 5.41) is 4.37. The fourth-order valence-corrected chi connectivity index (χ4v) is 4.51. The predicted octanol–water partition coefficient (Wildman–Crippen LogP) is 1.49. The molecule has 0 aliphatic carbocycles. The molecule has 0 bridgehead atoms. The van der Waals surface area contributed by atoms with Gasteiger partial charge in [0.2, 0.25) is 0 Å². The first-order valence-electron chi connectivity index (χ1n) is 7.03. The maximum absolute atomic E-state index is 11.5. The minimum absolute atomic E-state index is 0.120. The molecular weight excluding hydrogens is 286 g/mol. The summed E-state index contributed by atoms with van der Waals surface area (Å²) in [7, 11) is -0.855. The molecule has 1 aliphatic rings. The summed E-state index contributed by atoms with van der Waals surface area (Å²) in [6, 6.07) is 10.1. The molecule has 0 N–H and O–H groups in total. The molecule has 2 heterocycles. The molecule has 0 unspecified atom stereocenters. The van der Waals surface area contributed by atoms with Crippen molar-refractivity contribution in [3.8, 4) is 5.69 Å². The van der Waals surface area contributed by atoms with Crippen LogP contribution in [-0.4, -0.2) is 47.7 Å². The minimum atomic E-state index is -2.83. The van der Waals surface area contributed by atoms with E-state index >= 15 is 0 Å². The van der Waals surface area contributed by atoms with Gasteiger partial charge in [-0.2, -0.15) is 5.10 Å².